The van der Waals surface area contributed by atoms with Gasteiger partial charge in [-0.1, -0.05) is 0 Å². The molecular formula is C17H27IN6O2. The van der Waals surface area contributed by atoms with Gasteiger partial charge in [0, 0.05) is 46.1 Å². The first-order valence-corrected chi connectivity index (χ1v) is 8.62. The number of carbonyl (C=O) groups excluding carboxylic acids is 2. The van der Waals surface area contributed by atoms with E-state index in [1.807, 2.05) is 24.7 Å². The van der Waals surface area contributed by atoms with Crippen molar-refractivity contribution in [3.8, 4) is 0 Å². The predicted octanol–water partition coefficient (Wildman–Crippen LogP) is 1.03. The molecule has 1 aromatic rings. The molecular weight excluding hydrogens is 447 g/mol. The second-order valence-electron chi connectivity index (χ2n) is 6.96. The molecule has 144 valence electrons. The van der Waals surface area contributed by atoms with Crippen molar-refractivity contribution in [1.82, 2.24) is 25.4 Å². The average Bonchev–Trinajstić information content (AvgIpc) is 3.12. The van der Waals surface area contributed by atoms with E-state index in [1.54, 1.807) is 7.05 Å². The van der Waals surface area contributed by atoms with Gasteiger partial charge < -0.3 is 20.1 Å². The number of carbonyl (C=O) groups is 2. The number of halogens is 1. The van der Waals surface area contributed by atoms with Gasteiger partial charge in [-0.05, 0) is 37.3 Å². The summed E-state index contributed by atoms with van der Waals surface area (Å²) in [6.07, 6.45) is 5.76. The molecule has 0 bridgehead atoms. The van der Waals surface area contributed by atoms with E-state index in [2.05, 4.69) is 38.1 Å². The molecule has 0 aromatic carbocycles. The summed E-state index contributed by atoms with van der Waals surface area (Å²) >= 11 is 0. The number of aliphatic imine (C=N–C) groups is 1. The number of amides is 3. The van der Waals surface area contributed by atoms with Crippen LogP contribution in [0.5, 0.6) is 0 Å². The Hall–Kier alpha value is -1.78. The molecule has 2 fully saturated rings. The minimum atomic E-state index is -0.801. The van der Waals surface area contributed by atoms with Gasteiger partial charge in [-0.15, -0.1) is 24.0 Å². The van der Waals surface area contributed by atoms with Crippen molar-refractivity contribution < 1.29 is 9.59 Å². The Morgan fingerprint density at radius 1 is 1.38 bits per heavy atom. The van der Waals surface area contributed by atoms with Gasteiger partial charge in [-0.25, -0.2) is 4.79 Å². The lowest BCUT2D eigenvalue weighted by molar-refractivity contribution is -0.125. The first-order valence-electron chi connectivity index (χ1n) is 8.62. The van der Waals surface area contributed by atoms with E-state index in [-0.39, 0.29) is 35.8 Å². The summed E-state index contributed by atoms with van der Waals surface area (Å²) in [5.41, 5.74) is 0.404. The Kier molecular flexibility index (Phi) is 6.53. The molecule has 2 aliphatic rings. The fourth-order valence-corrected chi connectivity index (χ4v) is 3.69. The summed E-state index contributed by atoms with van der Waals surface area (Å²) in [4.78, 5) is 30.1. The van der Waals surface area contributed by atoms with Crippen molar-refractivity contribution in [3.05, 3.63) is 24.0 Å². The molecule has 2 saturated heterocycles. The monoisotopic (exact) mass is 474 g/mol. The summed E-state index contributed by atoms with van der Waals surface area (Å²) in [5, 5.41) is 8.53. The highest BCUT2D eigenvalue weighted by Crippen LogP contribution is 2.30. The second-order valence-corrected chi connectivity index (χ2v) is 6.96. The predicted molar refractivity (Wildman–Crippen MR) is 110 cm³/mol. The number of hydrogen-bond donors (Lipinski definition) is 3. The van der Waals surface area contributed by atoms with Crippen molar-refractivity contribution in [2.24, 2.45) is 18.0 Å². The summed E-state index contributed by atoms with van der Waals surface area (Å²) < 4.78 is 2.02. The number of likely N-dealkylation sites (tertiary alicyclic amines) is 1. The Labute approximate surface area is 170 Å². The van der Waals surface area contributed by atoms with E-state index >= 15 is 0 Å². The van der Waals surface area contributed by atoms with Crippen LogP contribution in [-0.2, 0) is 18.4 Å². The van der Waals surface area contributed by atoms with Crippen LogP contribution in [0.1, 0.15) is 25.3 Å². The number of rotatable bonds is 3. The van der Waals surface area contributed by atoms with E-state index in [9.17, 15) is 9.59 Å². The zero-order valence-electron chi connectivity index (χ0n) is 15.4. The van der Waals surface area contributed by atoms with Crippen molar-refractivity contribution in [2.75, 3.05) is 20.1 Å². The third-order valence-electron chi connectivity index (χ3n) is 5.24. The van der Waals surface area contributed by atoms with E-state index in [4.69, 9.17) is 0 Å². The number of aromatic nitrogens is 1. The molecule has 3 N–H and O–H groups in total. The highest BCUT2D eigenvalue weighted by atomic mass is 127. The first kappa shape index (κ1) is 20.5. The number of urea groups is 1. The number of imide groups is 1. The average molecular weight is 474 g/mol. The van der Waals surface area contributed by atoms with E-state index in [1.165, 1.54) is 5.56 Å². The molecule has 1 unspecified atom stereocenters. The maximum absolute atomic E-state index is 12.1. The van der Waals surface area contributed by atoms with Gasteiger partial charge in [0.15, 0.2) is 5.96 Å². The molecule has 9 heteroatoms. The van der Waals surface area contributed by atoms with Crippen molar-refractivity contribution in [1.29, 1.82) is 0 Å². The fraction of sp³-hybridized carbons (Fsp3) is 0.588. The molecule has 1 aromatic heterocycles. The Balaban J connectivity index is 0.00000243. The number of nitrogens with one attached hydrogen (secondary N) is 3. The number of aryl methyl sites for hydroxylation is 1. The molecule has 2 aliphatic heterocycles. The van der Waals surface area contributed by atoms with Crippen LogP contribution in [0, 0.1) is 5.92 Å². The zero-order chi connectivity index (χ0) is 18.0. The van der Waals surface area contributed by atoms with Crippen LogP contribution in [-0.4, -0.2) is 53.0 Å². The summed E-state index contributed by atoms with van der Waals surface area (Å²) in [5.74, 6) is 0.775. The molecule has 0 radical (unpaired) electrons. The minimum Gasteiger partial charge on any atom is -0.357 e. The second kappa shape index (κ2) is 8.28. The topological polar surface area (TPSA) is 90.8 Å². The molecule has 1 atom stereocenters. The number of piperidine rings is 1. The van der Waals surface area contributed by atoms with Crippen LogP contribution in [0.2, 0.25) is 0 Å². The molecule has 8 nitrogen and oxygen atoms in total. The molecule has 3 heterocycles. The minimum absolute atomic E-state index is 0. The standard InChI is InChI=1S/C17H26N6O2.HI/c1-17(14(24)20-16(25)21-17)13-5-8-23(9-6-13)15(18-2)19-10-12-4-7-22(3)11-12;/h4,7,11,13H,5-6,8-10H2,1-3H3,(H,18,19)(H2,20,21,24,25);1H. The van der Waals surface area contributed by atoms with Crippen molar-refractivity contribution >= 4 is 41.9 Å². The quantitative estimate of drug-likeness (QED) is 0.264. The Morgan fingerprint density at radius 3 is 2.58 bits per heavy atom. The third-order valence-corrected chi connectivity index (χ3v) is 5.24. The van der Waals surface area contributed by atoms with Gasteiger partial charge in [-0.3, -0.25) is 15.1 Å². The molecule has 3 rings (SSSR count). The van der Waals surface area contributed by atoms with E-state index in [0.29, 0.717) is 0 Å². The summed E-state index contributed by atoms with van der Waals surface area (Å²) in [6.45, 7) is 4.15. The highest BCUT2D eigenvalue weighted by Gasteiger charge is 2.48. The summed E-state index contributed by atoms with van der Waals surface area (Å²) in [7, 11) is 3.78. The SMILES string of the molecule is CN=C(NCc1ccn(C)c1)N1CCC(C2(C)NC(=O)NC2=O)CC1.I. The zero-order valence-corrected chi connectivity index (χ0v) is 17.7. The lowest BCUT2D eigenvalue weighted by Crippen LogP contribution is -2.55. The van der Waals surface area contributed by atoms with Crippen LogP contribution in [0.25, 0.3) is 0 Å². The van der Waals surface area contributed by atoms with Crippen LogP contribution in [0.4, 0.5) is 4.79 Å². The van der Waals surface area contributed by atoms with Gasteiger partial charge in [0.2, 0.25) is 0 Å². The van der Waals surface area contributed by atoms with Gasteiger partial charge >= 0.3 is 6.03 Å². The number of nitrogens with zero attached hydrogens (tertiary/aromatic N) is 3. The Bertz CT molecular complexity index is 695. The molecule has 0 aliphatic carbocycles. The van der Waals surface area contributed by atoms with Gasteiger partial charge in [0.1, 0.15) is 5.54 Å². The third kappa shape index (κ3) is 4.13. The van der Waals surface area contributed by atoms with Gasteiger partial charge in [-0.2, -0.15) is 0 Å². The Morgan fingerprint density at radius 2 is 2.08 bits per heavy atom. The van der Waals surface area contributed by atoms with E-state index < -0.39 is 11.6 Å². The van der Waals surface area contributed by atoms with Crippen molar-refractivity contribution in [3.63, 3.8) is 0 Å². The van der Waals surface area contributed by atoms with Gasteiger partial charge in [0.25, 0.3) is 5.91 Å². The molecule has 0 spiro atoms. The molecule has 3 amide bonds. The molecule has 0 saturated carbocycles. The number of hydrogen-bond acceptors (Lipinski definition) is 3. The van der Waals surface area contributed by atoms with Gasteiger partial charge in [0.05, 0.1) is 0 Å². The smallest absolute Gasteiger partial charge is 0.322 e. The largest absolute Gasteiger partial charge is 0.357 e. The lowest BCUT2D eigenvalue weighted by atomic mass is 9.79. The summed E-state index contributed by atoms with van der Waals surface area (Å²) in [6, 6.07) is 1.68. The fourth-order valence-electron chi connectivity index (χ4n) is 3.69. The highest BCUT2D eigenvalue weighted by molar-refractivity contribution is 14.0. The first-order chi connectivity index (χ1) is 11.9. The van der Waals surface area contributed by atoms with Crippen LogP contribution in [0.3, 0.4) is 0 Å². The molecule has 26 heavy (non-hydrogen) atoms. The van der Waals surface area contributed by atoms with Crippen LogP contribution >= 0.6 is 24.0 Å². The van der Waals surface area contributed by atoms with Crippen LogP contribution < -0.4 is 16.0 Å². The maximum Gasteiger partial charge on any atom is 0.322 e. The maximum atomic E-state index is 12.1. The van der Waals surface area contributed by atoms with E-state index in [0.717, 1.165) is 38.4 Å². The lowest BCUT2D eigenvalue weighted by Gasteiger charge is -2.39. The van der Waals surface area contributed by atoms with Crippen molar-refractivity contribution in [2.45, 2.75) is 31.8 Å². The number of guanidine groups is 1. The van der Waals surface area contributed by atoms with Crippen LogP contribution in [0.15, 0.2) is 23.5 Å². The normalized spacial score (nSPS) is 24.1.